The van der Waals surface area contributed by atoms with Crippen LogP contribution in [-0.2, 0) is 22.6 Å². The average molecular weight is 220 g/mol. The number of nitrogens with zero attached hydrogens (tertiary/aromatic N) is 1. The van der Waals surface area contributed by atoms with Crippen molar-refractivity contribution in [2.45, 2.75) is 13.1 Å². The Morgan fingerprint density at radius 3 is 2.50 bits per heavy atom. The van der Waals surface area contributed by atoms with Crippen molar-refractivity contribution >= 4 is 5.91 Å². The van der Waals surface area contributed by atoms with E-state index in [-0.39, 0.29) is 12.5 Å². The summed E-state index contributed by atoms with van der Waals surface area (Å²) >= 11 is 0. The summed E-state index contributed by atoms with van der Waals surface area (Å²) in [6.07, 6.45) is 0. The highest BCUT2D eigenvalue weighted by atomic mass is 16.5. The quantitative estimate of drug-likeness (QED) is 0.752. The zero-order chi connectivity index (χ0) is 11.4. The zero-order valence-electron chi connectivity index (χ0n) is 9.19. The van der Waals surface area contributed by atoms with E-state index in [9.17, 15) is 4.79 Å². The summed E-state index contributed by atoms with van der Waals surface area (Å²) in [5, 5.41) is 0. The number of amides is 1. The Bertz CT molecular complexity index is 354. The second kappa shape index (κ2) is 5.09. The molecule has 1 heterocycles. The Kier molecular flexibility index (Phi) is 3.54. The second-order valence-electron chi connectivity index (χ2n) is 3.86. The van der Waals surface area contributed by atoms with E-state index in [4.69, 9.17) is 10.5 Å². The lowest BCUT2D eigenvalue weighted by molar-refractivity contribution is -0.136. The molecule has 4 nitrogen and oxygen atoms in total. The number of benzene rings is 1. The number of nitrogens with two attached hydrogens (primary N) is 1. The molecule has 0 saturated carbocycles. The first-order valence-corrected chi connectivity index (χ1v) is 5.43. The van der Waals surface area contributed by atoms with Crippen LogP contribution in [0.15, 0.2) is 24.3 Å². The molecule has 1 aromatic carbocycles. The maximum absolute atomic E-state index is 11.7. The van der Waals surface area contributed by atoms with Gasteiger partial charge >= 0.3 is 0 Å². The molecule has 1 aliphatic rings. The van der Waals surface area contributed by atoms with Gasteiger partial charge in [-0.05, 0) is 11.1 Å². The van der Waals surface area contributed by atoms with Crippen LogP contribution >= 0.6 is 0 Å². The smallest absolute Gasteiger partial charge is 0.249 e. The molecule has 16 heavy (non-hydrogen) atoms. The van der Waals surface area contributed by atoms with Crippen LogP contribution in [0.3, 0.4) is 0 Å². The van der Waals surface area contributed by atoms with Crippen LogP contribution < -0.4 is 5.73 Å². The third-order valence-electron chi connectivity index (χ3n) is 2.68. The Balaban J connectivity index is 1.88. The molecule has 1 amide bonds. The van der Waals surface area contributed by atoms with Gasteiger partial charge in [0.1, 0.15) is 6.61 Å². The van der Waals surface area contributed by atoms with Gasteiger partial charge in [0.25, 0.3) is 0 Å². The molecule has 0 fully saturated rings. The van der Waals surface area contributed by atoms with Crippen molar-refractivity contribution < 1.29 is 9.53 Å². The molecule has 2 rings (SSSR count). The summed E-state index contributed by atoms with van der Waals surface area (Å²) in [6, 6.07) is 8.11. The fourth-order valence-corrected chi connectivity index (χ4v) is 1.84. The highest BCUT2D eigenvalue weighted by Crippen LogP contribution is 2.21. The summed E-state index contributed by atoms with van der Waals surface area (Å²) in [6.45, 7) is 2.41. The molecular weight excluding hydrogens is 204 g/mol. The average Bonchev–Trinajstić information content (AvgIpc) is 2.73. The van der Waals surface area contributed by atoms with Gasteiger partial charge in [0.15, 0.2) is 0 Å². The minimum Gasteiger partial charge on any atom is -0.370 e. The molecule has 4 heteroatoms. The van der Waals surface area contributed by atoms with Crippen LogP contribution in [0, 0.1) is 0 Å². The largest absolute Gasteiger partial charge is 0.370 e. The van der Waals surface area contributed by atoms with Gasteiger partial charge in [-0.25, -0.2) is 0 Å². The molecule has 0 saturated heterocycles. The van der Waals surface area contributed by atoms with Gasteiger partial charge in [0.2, 0.25) is 5.91 Å². The van der Waals surface area contributed by atoms with Crippen LogP contribution in [0.4, 0.5) is 0 Å². The van der Waals surface area contributed by atoms with Crippen molar-refractivity contribution in [1.82, 2.24) is 4.90 Å². The van der Waals surface area contributed by atoms with Crippen molar-refractivity contribution in [2.75, 3.05) is 19.8 Å². The lowest BCUT2D eigenvalue weighted by atomic mass is 10.1. The van der Waals surface area contributed by atoms with Gasteiger partial charge in [-0.2, -0.15) is 0 Å². The van der Waals surface area contributed by atoms with Crippen LogP contribution in [-0.4, -0.2) is 30.6 Å². The molecule has 0 radical (unpaired) electrons. The first-order chi connectivity index (χ1) is 7.81. The van der Waals surface area contributed by atoms with E-state index < -0.39 is 0 Å². The summed E-state index contributed by atoms with van der Waals surface area (Å²) in [4.78, 5) is 13.6. The summed E-state index contributed by atoms with van der Waals surface area (Å²) < 4.78 is 5.14. The van der Waals surface area contributed by atoms with E-state index >= 15 is 0 Å². The first-order valence-electron chi connectivity index (χ1n) is 5.43. The maximum Gasteiger partial charge on any atom is 0.249 e. The third kappa shape index (κ3) is 2.40. The number of hydrogen-bond donors (Lipinski definition) is 1. The fourth-order valence-electron chi connectivity index (χ4n) is 1.84. The summed E-state index contributed by atoms with van der Waals surface area (Å²) in [5.74, 6) is 0.0321. The van der Waals surface area contributed by atoms with Crippen molar-refractivity contribution in [3.05, 3.63) is 35.4 Å². The van der Waals surface area contributed by atoms with Gasteiger partial charge in [0.05, 0.1) is 6.61 Å². The lowest BCUT2D eigenvalue weighted by Crippen LogP contribution is -2.29. The van der Waals surface area contributed by atoms with Gasteiger partial charge in [0, 0.05) is 19.6 Å². The van der Waals surface area contributed by atoms with E-state index in [2.05, 4.69) is 12.1 Å². The predicted octanol–water partition coefficient (Wildman–Crippen LogP) is 0.504. The van der Waals surface area contributed by atoms with E-state index in [1.807, 2.05) is 12.1 Å². The number of ether oxygens (including phenoxy) is 1. The van der Waals surface area contributed by atoms with Crippen molar-refractivity contribution in [3.63, 3.8) is 0 Å². The second-order valence-corrected chi connectivity index (χ2v) is 3.86. The minimum atomic E-state index is 0.0321. The molecule has 0 bridgehead atoms. The SMILES string of the molecule is NCCOCC(=O)N1Cc2ccccc2C1. The summed E-state index contributed by atoms with van der Waals surface area (Å²) in [5.41, 5.74) is 7.75. The Hall–Kier alpha value is -1.39. The molecule has 0 spiro atoms. The minimum absolute atomic E-state index is 0.0321. The first kappa shape index (κ1) is 11.1. The molecular formula is C12H16N2O2. The molecule has 0 aliphatic carbocycles. The molecule has 86 valence electrons. The van der Waals surface area contributed by atoms with E-state index in [1.54, 1.807) is 4.90 Å². The molecule has 2 N–H and O–H groups in total. The van der Waals surface area contributed by atoms with Crippen LogP contribution in [0.25, 0.3) is 0 Å². The van der Waals surface area contributed by atoms with E-state index in [0.717, 1.165) is 0 Å². The molecule has 1 aromatic rings. The Labute approximate surface area is 95.0 Å². The normalized spacial score (nSPS) is 13.9. The number of hydrogen-bond acceptors (Lipinski definition) is 3. The lowest BCUT2D eigenvalue weighted by Gasteiger charge is -2.15. The van der Waals surface area contributed by atoms with E-state index in [0.29, 0.717) is 26.2 Å². The van der Waals surface area contributed by atoms with Gasteiger partial charge < -0.3 is 15.4 Å². The highest BCUT2D eigenvalue weighted by molar-refractivity contribution is 5.78. The monoisotopic (exact) mass is 220 g/mol. The number of fused-ring (bicyclic) bond motifs is 1. The van der Waals surface area contributed by atoms with Crippen molar-refractivity contribution in [2.24, 2.45) is 5.73 Å². The van der Waals surface area contributed by atoms with Crippen molar-refractivity contribution in [1.29, 1.82) is 0 Å². The van der Waals surface area contributed by atoms with Crippen LogP contribution in [0.2, 0.25) is 0 Å². The predicted molar refractivity (Wildman–Crippen MR) is 60.6 cm³/mol. The number of carbonyl (C=O) groups excluding carboxylic acids is 1. The van der Waals surface area contributed by atoms with Gasteiger partial charge in [-0.1, -0.05) is 24.3 Å². The van der Waals surface area contributed by atoms with E-state index in [1.165, 1.54) is 11.1 Å². The molecule has 0 atom stereocenters. The van der Waals surface area contributed by atoms with Crippen LogP contribution in [0.1, 0.15) is 11.1 Å². The van der Waals surface area contributed by atoms with Crippen LogP contribution in [0.5, 0.6) is 0 Å². The van der Waals surface area contributed by atoms with Crippen molar-refractivity contribution in [3.8, 4) is 0 Å². The Morgan fingerprint density at radius 1 is 1.31 bits per heavy atom. The topological polar surface area (TPSA) is 55.6 Å². The van der Waals surface area contributed by atoms with Gasteiger partial charge in [-0.15, -0.1) is 0 Å². The molecule has 1 aliphatic heterocycles. The summed E-state index contributed by atoms with van der Waals surface area (Å²) in [7, 11) is 0. The number of carbonyl (C=O) groups is 1. The zero-order valence-corrected chi connectivity index (χ0v) is 9.19. The Morgan fingerprint density at radius 2 is 1.94 bits per heavy atom. The number of rotatable bonds is 4. The standard InChI is InChI=1S/C12H16N2O2/c13-5-6-16-9-12(15)14-7-10-3-1-2-4-11(10)8-14/h1-4H,5-9,13H2. The molecule has 0 aromatic heterocycles. The molecule has 0 unspecified atom stereocenters. The van der Waals surface area contributed by atoms with Gasteiger partial charge in [-0.3, -0.25) is 4.79 Å². The maximum atomic E-state index is 11.7. The third-order valence-corrected chi connectivity index (χ3v) is 2.68. The fraction of sp³-hybridized carbons (Fsp3) is 0.417. The highest BCUT2D eigenvalue weighted by Gasteiger charge is 2.22.